The van der Waals surface area contributed by atoms with Gasteiger partial charge in [0.15, 0.2) is 0 Å². The molecule has 1 saturated heterocycles. The number of nitrogens with one attached hydrogen (secondary N) is 1. The fourth-order valence-electron chi connectivity index (χ4n) is 2.65. The van der Waals surface area contributed by atoms with Gasteiger partial charge in [0.2, 0.25) is 11.8 Å². The summed E-state index contributed by atoms with van der Waals surface area (Å²) in [7, 11) is 0. The fraction of sp³-hybridized carbons (Fsp3) is 0.500. The Kier molecular flexibility index (Phi) is 5.31. The normalized spacial score (nSPS) is 17.4. The molecule has 1 fully saturated rings. The summed E-state index contributed by atoms with van der Waals surface area (Å²) in [5.74, 6) is -0.567. The van der Waals surface area contributed by atoms with Crippen molar-refractivity contribution in [3.63, 3.8) is 0 Å². The third-order valence-electron chi connectivity index (χ3n) is 4.05. The van der Waals surface area contributed by atoms with Crippen LogP contribution >= 0.6 is 0 Å². The Morgan fingerprint density at radius 1 is 1.48 bits per heavy atom. The van der Waals surface area contributed by atoms with Crippen molar-refractivity contribution < 1.29 is 14.5 Å². The molecule has 23 heavy (non-hydrogen) atoms. The SMILES string of the molecule is CCCCN1C[C@H](C(=O)Nc2ccc([N+](=O)[O-])cc2C)CC1=O. The van der Waals surface area contributed by atoms with Crippen molar-refractivity contribution in [2.75, 3.05) is 18.4 Å². The van der Waals surface area contributed by atoms with Crippen molar-refractivity contribution >= 4 is 23.2 Å². The van der Waals surface area contributed by atoms with Crippen molar-refractivity contribution in [2.24, 2.45) is 5.92 Å². The lowest BCUT2D eigenvalue weighted by Crippen LogP contribution is -2.29. The second kappa shape index (κ2) is 7.21. The standard InChI is InChI=1S/C16H21N3O4/c1-3-4-7-18-10-12(9-15(18)20)16(21)17-14-6-5-13(19(22)23)8-11(14)2/h5-6,8,12H,3-4,7,9-10H2,1-2H3,(H,17,21)/t12-/m1/s1. The molecule has 2 rings (SSSR count). The molecule has 0 unspecified atom stereocenters. The first-order chi connectivity index (χ1) is 10.9. The maximum atomic E-state index is 12.3. The number of nitro groups is 1. The minimum absolute atomic E-state index is 0.0118. The molecule has 1 aromatic carbocycles. The van der Waals surface area contributed by atoms with Crippen LogP contribution in [-0.2, 0) is 9.59 Å². The van der Waals surface area contributed by atoms with Crippen LogP contribution in [0.3, 0.4) is 0 Å². The molecule has 0 saturated carbocycles. The summed E-state index contributed by atoms with van der Waals surface area (Å²) in [5.41, 5.74) is 1.15. The maximum Gasteiger partial charge on any atom is 0.269 e. The molecule has 1 aromatic rings. The van der Waals surface area contributed by atoms with Crippen LogP contribution in [0.1, 0.15) is 31.7 Å². The second-order valence-corrected chi connectivity index (χ2v) is 5.84. The molecule has 0 aromatic heterocycles. The molecule has 2 amide bonds. The molecule has 7 nitrogen and oxygen atoms in total. The van der Waals surface area contributed by atoms with Gasteiger partial charge in [-0.3, -0.25) is 19.7 Å². The van der Waals surface area contributed by atoms with E-state index in [-0.39, 0.29) is 29.8 Å². The maximum absolute atomic E-state index is 12.3. The van der Waals surface area contributed by atoms with Gasteiger partial charge in [-0.2, -0.15) is 0 Å². The first kappa shape index (κ1) is 16.9. The van der Waals surface area contributed by atoms with Crippen LogP contribution in [0.15, 0.2) is 18.2 Å². The number of nitrogens with zero attached hydrogens (tertiary/aromatic N) is 2. The molecule has 0 radical (unpaired) electrons. The van der Waals surface area contributed by atoms with Crippen molar-refractivity contribution in [2.45, 2.75) is 33.1 Å². The molecular weight excluding hydrogens is 298 g/mol. The van der Waals surface area contributed by atoms with Crippen LogP contribution in [0.4, 0.5) is 11.4 Å². The van der Waals surface area contributed by atoms with Crippen LogP contribution in [-0.4, -0.2) is 34.7 Å². The van der Waals surface area contributed by atoms with E-state index in [1.165, 1.54) is 18.2 Å². The third-order valence-corrected chi connectivity index (χ3v) is 4.05. The van der Waals surface area contributed by atoms with E-state index in [2.05, 4.69) is 12.2 Å². The highest BCUT2D eigenvalue weighted by Crippen LogP contribution is 2.24. The average molecular weight is 319 g/mol. The van der Waals surface area contributed by atoms with Crippen LogP contribution in [0.25, 0.3) is 0 Å². The van der Waals surface area contributed by atoms with Gasteiger partial charge in [-0.05, 0) is 25.0 Å². The lowest BCUT2D eigenvalue weighted by molar-refractivity contribution is -0.384. The number of hydrogen-bond acceptors (Lipinski definition) is 4. The average Bonchev–Trinajstić information content (AvgIpc) is 2.88. The number of benzene rings is 1. The summed E-state index contributed by atoms with van der Waals surface area (Å²) in [5, 5.41) is 13.5. The first-order valence-electron chi connectivity index (χ1n) is 7.76. The molecule has 1 aliphatic rings. The van der Waals surface area contributed by atoms with Gasteiger partial charge in [0.25, 0.3) is 5.69 Å². The molecule has 0 bridgehead atoms. The summed E-state index contributed by atoms with van der Waals surface area (Å²) in [6.45, 7) is 4.89. The summed E-state index contributed by atoms with van der Waals surface area (Å²) in [6, 6.07) is 4.30. The van der Waals surface area contributed by atoms with E-state index in [4.69, 9.17) is 0 Å². The third kappa shape index (κ3) is 4.06. The van der Waals surface area contributed by atoms with Gasteiger partial charge in [0, 0.05) is 37.3 Å². The molecule has 0 aliphatic carbocycles. The first-order valence-corrected chi connectivity index (χ1v) is 7.76. The van der Waals surface area contributed by atoms with E-state index in [1.54, 1.807) is 11.8 Å². The molecular formula is C16H21N3O4. The van der Waals surface area contributed by atoms with Gasteiger partial charge in [-0.1, -0.05) is 13.3 Å². The Bertz CT molecular complexity index is 630. The lowest BCUT2D eigenvalue weighted by atomic mass is 10.1. The zero-order valence-corrected chi connectivity index (χ0v) is 13.4. The van der Waals surface area contributed by atoms with Crippen LogP contribution in [0.2, 0.25) is 0 Å². The highest BCUT2D eigenvalue weighted by Gasteiger charge is 2.34. The number of anilines is 1. The molecule has 1 atom stereocenters. The predicted molar refractivity (Wildman–Crippen MR) is 86.1 cm³/mol. The number of aryl methyl sites for hydroxylation is 1. The number of amides is 2. The monoisotopic (exact) mass is 319 g/mol. The summed E-state index contributed by atoms with van der Waals surface area (Å²) in [4.78, 5) is 36.2. The van der Waals surface area contributed by atoms with Crippen LogP contribution < -0.4 is 5.32 Å². The van der Waals surface area contributed by atoms with E-state index < -0.39 is 4.92 Å². The minimum Gasteiger partial charge on any atom is -0.342 e. The number of non-ortho nitro benzene ring substituents is 1. The topological polar surface area (TPSA) is 92.6 Å². The Morgan fingerprint density at radius 3 is 2.83 bits per heavy atom. The number of nitro benzene ring substituents is 1. The largest absolute Gasteiger partial charge is 0.342 e. The highest BCUT2D eigenvalue weighted by atomic mass is 16.6. The number of hydrogen-bond donors (Lipinski definition) is 1. The molecule has 0 spiro atoms. The Morgan fingerprint density at radius 2 is 2.22 bits per heavy atom. The van der Waals surface area contributed by atoms with Gasteiger partial charge in [0.1, 0.15) is 0 Å². The quantitative estimate of drug-likeness (QED) is 0.644. The number of carbonyl (C=O) groups is 2. The van der Waals surface area contributed by atoms with Gasteiger partial charge in [-0.25, -0.2) is 0 Å². The number of carbonyl (C=O) groups excluding carboxylic acids is 2. The number of rotatable bonds is 6. The second-order valence-electron chi connectivity index (χ2n) is 5.84. The smallest absolute Gasteiger partial charge is 0.269 e. The lowest BCUT2D eigenvalue weighted by Gasteiger charge is -2.16. The van der Waals surface area contributed by atoms with Crippen molar-refractivity contribution in [1.29, 1.82) is 0 Å². The van der Waals surface area contributed by atoms with Gasteiger partial charge in [0.05, 0.1) is 10.8 Å². The molecule has 1 aliphatic heterocycles. The van der Waals surface area contributed by atoms with E-state index in [9.17, 15) is 19.7 Å². The van der Waals surface area contributed by atoms with Crippen LogP contribution in [0, 0.1) is 23.0 Å². The summed E-state index contributed by atoms with van der Waals surface area (Å²) < 4.78 is 0. The Labute approximate surface area is 134 Å². The van der Waals surface area contributed by atoms with Crippen molar-refractivity contribution in [3.8, 4) is 0 Å². The summed E-state index contributed by atoms with van der Waals surface area (Å²) >= 11 is 0. The number of unbranched alkanes of at least 4 members (excludes halogenated alkanes) is 1. The molecule has 7 heteroatoms. The fourth-order valence-corrected chi connectivity index (χ4v) is 2.65. The van der Waals surface area contributed by atoms with Crippen molar-refractivity contribution in [3.05, 3.63) is 33.9 Å². The minimum atomic E-state index is -0.472. The van der Waals surface area contributed by atoms with Gasteiger partial charge < -0.3 is 10.2 Å². The highest BCUT2D eigenvalue weighted by molar-refractivity contribution is 5.97. The zero-order valence-electron chi connectivity index (χ0n) is 13.4. The van der Waals surface area contributed by atoms with Gasteiger partial charge >= 0.3 is 0 Å². The van der Waals surface area contributed by atoms with E-state index in [1.807, 2.05) is 0 Å². The predicted octanol–water partition coefficient (Wildman–Crippen LogP) is 2.49. The van der Waals surface area contributed by atoms with E-state index in [0.717, 1.165) is 12.8 Å². The molecule has 1 heterocycles. The number of likely N-dealkylation sites (tertiary alicyclic amines) is 1. The summed E-state index contributed by atoms with van der Waals surface area (Å²) in [6.07, 6.45) is 2.16. The molecule has 124 valence electrons. The van der Waals surface area contributed by atoms with Gasteiger partial charge in [-0.15, -0.1) is 0 Å². The Hall–Kier alpha value is -2.44. The molecule has 1 N–H and O–H groups in total. The van der Waals surface area contributed by atoms with Crippen LogP contribution in [0.5, 0.6) is 0 Å². The zero-order chi connectivity index (χ0) is 17.0. The van der Waals surface area contributed by atoms with E-state index >= 15 is 0 Å². The van der Waals surface area contributed by atoms with E-state index in [0.29, 0.717) is 24.3 Å². The Balaban J connectivity index is 2.00. The van der Waals surface area contributed by atoms with Crippen molar-refractivity contribution in [1.82, 2.24) is 4.90 Å².